The molecule has 0 unspecified atom stereocenters. The molecule has 0 atom stereocenters. The van der Waals surface area contributed by atoms with E-state index >= 15 is 0 Å². The standard InChI is InChI=1S/C13H16ClFO5S/c1-13(2,3)20-7-6-19-12(16)9-4-5-10(15)11(8-9)21(14,17)18/h4-5,8H,6-7H2,1-3H3. The number of rotatable bonds is 5. The zero-order valence-corrected chi connectivity index (χ0v) is 13.4. The van der Waals surface area contributed by atoms with Gasteiger partial charge in [0.15, 0.2) is 0 Å². The monoisotopic (exact) mass is 338 g/mol. The molecule has 5 nitrogen and oxygen atoms in total. The van der Waals surface area contributed by atoms with Gasteiger partial charge in [-0.1, -0.05) is 0 Å². The summed E-state index contributed by atoms with van der Waals surface area (Å²) in [6, 6.07) is 2.80. The van der Waals surface area contributed by atoms with Gasteiger partial charge in [-0.15, -0.1) is 0 Å². The summed E-state index contributed by atoms with van der Waals surface area (Å²) in [5.41, 5.74) is -0.464. The van der Waals surface area contributed by atoms with Gasteiger partial charge in [0.1, 0.15) is 17.3 Å². The molecule has 1 rings (SSSR count). The zero-order valence-electron chi connectivity index (χ0n) is 11.9. The minimum atomic E-state index is -4.27. The van der Waals surface area contributed by atoms with Gasteiger partial charge in [-0.05, 0) is 39.0 Å². The first-order valence-electron chi connectivity index (χ1n) is 6.06. The molecule has 0 aliphatic rings. The summed E-state index contributed by atoms with van der Waals surface area (Å²) in [6.07, 6.45) is 0. The van der Waals surface area contributed by atoms with Gasteiger partial charge in [0, 0.05) is 10.7 Å². The van der Waals surface area contributed by atoms with Crippen molar-refractivity contribution in [3.8, 4) is 0 Å². The normalized spacial score (nSPS) is 12.2. The van der Waals surface area contributed by atoms with Gasteiger partial charge in [0.2, 0.25) is 0 Å². The number of benzene rings is 1. The number of carbonyl (C=O) groups excluding carboxylic acids is 1. The first-order valence-corrected chi connectivity index (χ1v) is 8.37. The summed E-state index contributed by atoms with van der Waals surface area (Å²) in [7, 11) is 0.808. The Labute approximate surface area is 127 Å². The van der Waals surface area contributed by atoms with Crippen LogP contribution in [0, 0.1) is 5.82 Å². The Kier molecular flexibility index (Phi) is 5.72. The van der Waals surface area contributed by atoms with Gasteiger partial charge in [-0.25, -0.2) is 17.6 Å². The topological polar surface area (TPSA) is 69.7 Å². The Morgan fingerprint density at radius 1 is 1.29 bits per heavy atom. The van der Waals surface area contributed by atoms with Crippen LogP contribution in [0.5, 0.6) is 0 Å². The summed E-state index contributed by atoms with van der Waals surface area (Å²) in [5, 5.41) is 0. The van der Waals surface area contributed by atoms with Crippen LogP contribution in [0.1, 0.15) is 31.1 Å². The summed E-state index contributed by atoms with van der Waals surface area (Å²) in [4.78, 5) is 11.0. The van der Waals surface area contributed by atoms with Crippen molar-refractivity contribution in [2.75, 3.05) is 13.2 Å². The Morgan fingerprint density at radius 2 is 1.90 bits per heavy atom. The highest BCUT2D eigenvalue weighted by atomic mass is 35.7. The first-order chi connectivity index (χ1) is 9.50. The fraction of sp³-hybridized carbons (Fsp3) is 0.462. The van der Waals surface area contributed by atoms with Gasteiger partial charge in [0.25, 0.3) is 9.05 Å². The third kappa shape index (κ3) is 5.99. The molecule has 118 valence electrons. The van der Waals surface area contributed by atoms with E-state index in [2.05, 4.69) is 0 Å². The number of esters is 1. The third-order valence-electron chi connectivity index (χ3n) is 2.28. The molecule has 0 bridgehead atoms. The van der Waals surface area contributed by atoms with E-state index in [1.54, 1.807) is 0 Å². The first kappa shape index (κ1) is 17.9. The molecule has 0 radical (unpaired) electrons. The molecular weight excluding hydrogens is 323 g/mol. The van der Waals surface area contributed by atoms with Crippen molar-refractivity contribution >= 4 is 25.7 Å². The second-order valence-electron chi connectivity index (χ2n) is 5.18. The van der Waals surface area contributed by atoms with E-state index in [4.69, 9.17) is 20.2 Å². The number of hydrogen-bond acceptors (Lipinski definition) is 5. The lowest BCUT2D eigenvalue weighted by atomic mass is 10.2. The molecule has 0 heterocycles. The van der Waals surface area contributed by atoms with Crippen LogP contribution in [0.15, 0.2) is 23.1 Å². The average Bonchev–Trinajstić information content (AvgIpc) is 2.32. The van der Waals surface area contributed by atoms with Gasteiger partial charge >= 0.3 is 5.97 Å². The molecule has 0 saturated carbocycles. The fourth-order valence-corrected chi connectivity index (χ4v) is 2.31. The second kappa shape index (κ2) is 6.72. The minimum absolute atomic E-state index is 0.00353. The van der Waals surface area contributed by atoms with E-state index in [1.165, 1.54) is 0 Å². The molecule has 0 spiro atoms. The average molecular weight is 339 g/mol. The molecule has 0 saturated heterocycles. The van der Waals surface area contributed by atoms with E-state index in [1.807, 2.05) is 20.8 Å². The van der Waals surface area contributed by atoms with Crippen LogP contribution in [-0.4, -0.2) is 33.2 Å². The van der Waals surface area contributed by atoms with Crippen molar-refractivity contribution in [3.63, 3.8) is 0 Å². The van der Waals surface area contributed by atoms with Gasteiger partial charge in [-0.2, -0.15) is 0 Å². The van der Waals surface area contributed by atoms with Crippen LogP contribution in [-0.2, 0) is 18.5 Å². The van der Waals surface area contributed by atoms with Crippen LogP contribution in [0.25, 0.3) is 0 Å². The molecule has 0 fully saturated rings. The Hall–Kier alpha value is -1.18. The highest BCUT2D eigenvalue weighted by Gasteiger charge is 2.19. The number of ether oxygens (including phenoxy) is 2. The maximum atomic E-state index is 13.3. The van der Waals surface area contributed by atoms with E-state index in [0.29, 0.717) is 0 Å². The van der Waals surface area contributed by atoms with E-state index in [9.17, 15) is 17.6 Å². The van der Waals surface area contributed by atoms with Gasteiger partial charge < -0.3 is 9.47 Å². The molecule has 21 heavy (non-hydrogen) atoms. The van der Waals surface area contributed by atoms with Crippen LogP contribution >= 0.6 is 10.7 Å². The summed E-state index contributed by atoms with van der Waals surface area (Å²) in [5.74, 6) is -1.81. The largest absolute Gasteiger partial charge is 0.460 e. The maximum absolute atomic E-state index is 13.3. The van der Waals surface area contributed by atoms with Crippen LogP contribution < -0.4 is 0 Å². The van der Waals surface area contributed by atoms with Crippen LogP contribution in [0.4, 0.5) is 4.39 Å². The third-order valence-corrected chi connectivity index (χ3v) is 3.62. The Morgan fingerprint density at radius 3 is 2.43 bits per heavy atom. The lowest BCUT2D eigenvalue weighted by Crippen LogP contribution is -2.22. The van der Waals surface area contributed by atoms with Gasteiger partial charge in [0.05, 0.1) is 17.8 Å². The Bertz CT molecular complexity index is 622. The van der Waals surface area contributed by atoms with E-state index < -0.39 is 25.7 Å². The van der Waals surface area contributed by atoms with E-state index in [-0.39, 0.29) is 24.4 Å². The SMILES string of the molecule is CC(C)(C)OCCOC(=O)c1ccc(F)c(S(=O)(=O)Cl)c1. The molecule has 1 aromatic rings. The number of hydrogen-bond donors (Lipinski definition) is 0. The summed E-state index contributed by atoms with van der Waals surface area (Å²) < 4.78 is 45.9. The molecule has 0 N–H and O–H groups in total. The fourth-order valence-electron chi connectivity index (χ4n) is 1.38. The summed E-state index contributed by atoms with van der Waals surface area (Å²) >= 11 is 0. The lowest BCUT2D eigenvalue weighted by Gasteiger charge is -2.19. The zero-order chi connectivity index (χ0) is 16.3. The molecule has 8 heteroatoms. The molecule has 0 aliphatic heterocycles. The highest BCUT2D eigenvalue weighted by Crippen LogP contribution is 2.20. The van der Waals surface area contributed by atoms with E-state index in [0.717, 1.165) is 18.2 Å². The molecule has 0 aliphatic carbocycles. The van der Waals surface area contributed by atoms with Crippen molar-refractivity contribution < 1.29 is 27.1 Å². The van der Waals surface area contributed by atoms with Crippen molar-refractivity contribution in [1.82, 2.24) is 0 Å². The number of halogens is 2. The highest BCUT2D eigenvalue weighted by molar-refractivity contribution is 8.13. The smallest absolute Gasteiger partial charge is 0.338 e. The van der Waals surface area contributed by atoms with Crippen molar-refractivity contribution in [2.24, 2.45) is 0 Å². The van der Waals surface area contributed by atoms with Gasteiger partial charge in [-0.3, -0.25) is 0 Å². The summed E-state index contributed by atoms with van der Waals surface area (Å²) in [6.45, 7) is 5.75. The van der Waals surface area contributed by atoms with Crippen molar-refractivity contribution in [2.45, 2.75) is 31.3 Å². The molecule has 1 aromatic carbocycles. The lowest BCUT2D eigenvalue weighted by molar-refractivity contribution is -0.0281. The molecular formula is C13H16ClFO5S. The quantitative estimate of drug-likeness (QED) is 0.469. The van der Waals surface area contributed by atoms with Crippen LogP contribution in [0.3, 0.4) is 0 Å². The maximum Gasteiger partial charge on any atom is 0.338 e. The second-order valence-corrected chi connectivity index (χ2v) is 7.71. The number of carbonyl (C=O) groups is 1. The predicted octanol–water partition coefficient (Wildman–Crippen LogP) is 2.73. The minimum Gasteiger partial charge on any atom is -0.460 e. The molecule has 0 amide bonds. The Balaban J connectivity index is 2.72. The molecule has 0 aromatic heterocycles. The van der Waals surface area contributed by atoms with Crippen LogP contribution in [0.2, 0.25) is 0 Å². The van der Waals surface area contributed by atoms with Crippen molar-refractivity contribution in [3.05, 3.63) is 29.6 Å². The predicted molar refractivity (Wildman–Crippen MR) is 75.4 cm³/mol. The van der Waals surface area contributed by atoms with Crippen molar-refractivity contribution in [1.29, 1.82) is 0 Å².